The molecule has 2 rings (SSSR count). The number of hydrogen-bond donors (Lipinski definition) is 0. The number of ketones is 1. The summed E-state index contributed by atoms with van der Waals surface area (Å²) in [5.74, 6) is 1.82. The number of rotatable bonds is 6. The molecular weight excluding hydrogens is 286 g/mol. The molecule has 1 heterocycles. The van der Waals surface area contributed by atoms with Crippen LogP contribution in [0.4, 0.5) is 0 Å². The maximum Gasteiger partial charge on any atom is 0.178 e. The predicted molar refractivity (Wildman–Crippen MR) is 84.4 cm³/mol. The van der Waals surface area contributed by atoms with Gasteiger partial charge < -0.3 is 9.47 Å². The van der Waals surface area contributed by atoms with Crippen LogP contribution in [-0.2, 0) is 0 Å². The van der Waals surface area contributed by atoms with E-state index in [1.807, 2.05) is 18.2 Å². The van der Waals surface area contributed by atoms with Gasteiger partial charge in [0, 0.05) is 17.9 Å². The lowest BCUT2D eigenvalue weighted by molar-refractivity contribution is 0.101. The van der Waals surface area contributed by atoms with Crippen LogP contribution < -0.4 is 9.47 Å². The summed E-state index contributed by atoms with van der Waals surface area (Å²) < 4.78 is 11.1. The molecule has 0 N–H and O–H groups in total. The Kier molecular flexibility index (Phi) is 4.96. The summed E-state index contributed by atoms with van der Waals surface area (Å²) >= 11 is 1.45. The molecule has 0 aliphatic heterocycles. The van der Waals surface area contributed by atoms with E-state index in [0.717, 1.165) is 16.3 Å². The third-order valence-corrected chi connectivity index (χ3v) is 3.74. The Morgan fingerprint density at radius 3 is 2.67 bits per heavy atom. The van der Waals surface area contributed by atoms with E-state index in [4.69, 9.17) is 9.47 Å². The van der Waals surface area contributed by atoms with Crippen LogP contribution in [0.5, 0.6) is 11.5 Å². The lowest BCUT2D eigenvalue weighted by atomic mass is 10.2. The van der Waals surface area contributed by atoms with Crippen LogP contribution in [0.1, 0.15) is 31.3 Å². The number of aromatic nitrogens is 1. The minimum absolute atomic E-state index is 0.0265. The molecule has 4 nitrogen and oxygen atoms in total. The molecule has 0 atom stereocenters. The molecule has 0 aliphatic carbocycles. The van der Waals surface area contributed by atoms with Crippen LogP contribution in [-0.4, -0.2) is 24.5 Å². The highest BCUT2D eigenvalue weighted by molar-refractivity contribution is 7.13. The predicted octanol–water partition coefficient (Wildman–Crippen LogP) is 4.06. The number of Topliss-reactive ketones (excluding diaryl/α,β-unsaturated/α-hetero) is 1. The number of carbonyl (C=O) groups is 1. The topological polar surface area (TPSA) is 48.4 Å². The fourth-order valence-electron chi connectivity index (χ4n) is 1.74. The first-order valence-corrected chi connectivity index (χ1v) is 7.67. The summed E-state index contributed by atoms with van der Waals surface area (Å²) in [6.45, 7) is 6.35. The number of ether oxygens (including phenoxy) is 2. The van der Waals surface area contributed by atoms with Crippen LogP contribution >= 0.6 is 11.3 Å². The van der Waals surface area contributed by atoms with Crippen molar-refractivity contribution in [2.75, 3.05) is 13.7 Å². The van der Waals surface area contributed by atoms with E-state index in [2.05, 4.69) is 18.8 Å². The number of nitrogens with zero attached hydrogens (tertiary/aromatic N) is 1. The first-order chi connectivity index (χ1) is 10.0. The second-order valence-electron chi connectivity index (χ2n) is 5.16. The minimum Gasteiger partial charge on any atom is -0.493 e. The van der Waals surface area contributed by atoms with Gasteiger partial charge >= 0.3 is 0 Å². The Labute approximate surface area is 128 Å². The lowest BCUT2D eigenvalue weighted by Crippen LogP contribution is -2.05. The molecule has 0 fully saturated rings. The van der Waals surface area contributed by atoms with E-state index < -0.39 is 0 Å². The van der Waals surface area contributed by atoms with Crippen molar-refractivity contribution < 1.29 is 14.3 Å². The standard InChI is InChI=1S/C16H19NO3S/c1-10(2)8-20-14-6-5-12(7-15(14)19-4)16-17-13(9-21-16)11(3)18/h5-7,9-10H,8H2,1-4H3. The molecule has 112 valence electrons. The molecule has 0 aliphatic rings. The molecule has 2 aromatic rings. The van der Waals surface area contributed by atoms with Crippen LogP contribution in [0.15, 0.2) is 23.6 Å². The van der Waals surface area contributed by atoms with Crippen molar-refractivity contribution in [3.8, 4) is 22.1 Å². The van der Waals surface area contributed by atoms with Crippen molar-refractivity contribution >= 4 is 17.1 Å². The maximum absolute atomic E-state index is 11.3. The SMILES string of the molecule is COc1cc(-c2nc(C(C)=O)cs2)ccc1OCC(C)C. The number of benzene rings is 1. The third kappa shape index (κ3) is 3.82. The molecule has 0 bridgehead atoms. The van der Waals surface area contributed by atoms with E-state index in [9.17, 15) is 4.79 Å². The average molecular weight is 305 g/mol. The second kappa shape index (κ2) is 6.72. The Balaban J connectivity index is 2.27. The molecule has 1 aromatic carbocycles. The lowest BCUT2D eigenvalue weighted by Gasteiger charge is -2.13. The van der Waals surface area contributed by atoms with Crippen molar-refractivity contribution in [3.05, 3.63) is 29.3 Å². The Morgan fingerprint density at radius 1 is 1.33 bits per heavy atom. The van der Waals surface area contributed by atoms with Gasteiger partial charge in [0.05, 0.1) is 13.7 Å². The molecule has 0 radical (unpaired) electrons. The van der Waals surface area contributed by atoms with Gasteiger partial charge in [0.25, 0.3) is 0 Å². The molecule has 5 heteroatoms. The summed E-state index contributed by atoms with van der Waals surface area (Å²) in [6, 6.07) is 5.70. The molecule has 0 saturated carbocycles. The van der Waals surface area contributed by atoms with E-state index in [1.165, 1.54) is 18.3 Å². The van der Waals surface area contributed by atoms with Crippen LogP contribution in [0.2, 0.25) is 0 Å². The summed E-state index contributed by atoms with van der Waals surface area (Å²) in [5.41, 5.74) is 1.41. The fourth-order valence-corrected chi connectivity index (χ4v) is 2.60. The van der Waals surface area contributed by atoms with Gasteiger partial charge in [0.1, 0.15) is 10.7 Å². The van der Waals surface area contributed by atoms with Gasteiger partial charge in [-0.3, -0.25) is 4.79 Å². The summed E-state index contributed by atoms with van der Waals surface area (Å²) in [5, 5.41) is 2.57. The van der Waals surface area contributed by atoms with Crippen LogP contribution in [0.25, 0.3) is 10.6 Å². The van der Waals surface area contributed by atoms with Gasteiger partial charge in [0.15, 0.2) is 17.3 Å². The Bertz CT molecular complexity index is 634. The van der Waals surface area contributed by atoms with Crippen molar-refractivity contribution in [1.29, 1.82) is 0 Å². The second-order valence-corrected chi connectivity index (χ2v) is 6.02. The normalized spacial score (nSPS) is 10.7. The highest BCUT2D eigenvalue weighted by Gasteiger charge is 2.12. The van der Waals surface area contributed by atoms with Crippen molar-refractivity contribution in [1.82, 2.24) is 4.98 Å². The van der Waals surface area contributed by atoms with Crippen LogP contribution in [0.3, 0.4) is 0 Å². The minimum atomic E-state index is -0.0265. The Hall–Kier alpha value is -1.88. The highest BCUT2D eigenvalue weighted by Crippen LogP contribution is 2.34. The van der Waals surface area contributed by atoms with E-state index in [0.29, 0.717) is 24.0 Å². The van der Waals surface area contributed by atoms with E-state index in [1.54, 1.807) is 12.5 Å². The largest absolute Gasteiger partial charge is 0.493 e. The van der Waals surface area contributed by atoms with Gasteiger partial charge in [-0.05, 0) is 24.1 Å². The first kappa shape index (κ1) is 15.5. The first-order valence-electron chi connectivity index (χ1n) is 6.79. The maximum atomic E-state index is 11.3. The van der Waals surface area contributed by atoms with Gasteiger partial charge in [-0.2, -0.15) is 0 Å². The third-order valence-electron chi connectivity index (χ3n) is 2.85. The zero-order chi connectivity index (χ0) is 15.4. The highest BCUT2D eigenvalue weighted by atomic mass is 32.1. The quantitative estimate of drug-likeness (QED) is 0.755. The number of thiazole rings is 1. The van der Waals surface area contributed by atoms with Gasteiger partial charge in [-0.1, -0.05) is 13.8 Å². The van der Waals surface area contributed by atoms with Gasteiger partial charge in [0.2, 0.25) is 0 Å². The van der Waals surface area contributed by atoms with Gasteiger partial charge in [-0.15, -0.1) is 11.3 Å². The smallest absolute Gasteiger partial charge is 0.178 e. The molecule has 0 saturated heterocycles. The van der Waals surface area contributed by atoms with E-state index >= 15 is 0 Å². The average Bonchev–Trinajstić information content (AvgIpc) is 2.94. The Morgan fingerprint density at radius 2 is 2.10 bits per heavy atom. The van der Waals surface area contributed by atoms with Crippen molar-refractivity contribution in [2.24, 2.45) is 5.92 Å². The van der Waals surface area contributed by atoms with Crippen LogP contribution in [0, 0.1) is 5.92 Å². The number of hydrogen-bond acceptors (Lipinski definition) is 5. The van der Waals surface area contributed by atoms with Crippen molar-refractivity contribution in [2.45, 2.75) is 20.8 Å². The van der Waals surface area contributed by atoms with Crippen molar-refractivity contribution in [3.63, 3.8) is 0 Å². The molecule has 0 unspecified atom stereocenters. The summed E-state index contributed by atoms with van der Waals surface area (Å²) in [6.07, 6.45) is 0. The molecule has 0 amide bonds. The molecule has 0 spiro atoms. The zero-order valence-corrected chi connectivity index (χ0v) is 13.5. The summed E-state index contributed by atoms with van der Waals surface area (Å²) in [4.78, 5) is 15.6. The zero-order valence-electron chi connectivity index (χ0n) is 12.7. The fraction of sp³-hybridized carbons (Fsp3) is 0.375. The number of methoxy groups -OCH3 is 1. The summed E-state index contributed by atoms with van der Waals surface area (Å²) in [7, 11) is 1.62. The molecule has 1 aromatic heterocycles. The number of carbonyl (C=O) groups excluding carboxylic acids is 1. The monoisotopic (exact) mass is 305 g/mol. The molecular formula is C16H19NO3S. The van der Waals surface area contributed by atoms with Gasteiger partial charge in [-0.25, -0.2) is 4.98 Å². The van der Waals surface area contributed by atoms with E-state index in [-0.39, 0.29) is 5.78 Å². The molecule has 21 heavy (non-hydrogen) atoms.